The summed E-state index contributed by atoms with van der Waals surface area (Å²) in [7, 11) is 1.42. The van der Waals surface area contributed by atoms with E-state index in [4.69, 9.17) is 17.0 Å². The molecule has 0 bridgehead atoms. The van der Waals surface area contributed by atoms with E-state index in [2.05, 4.69) is 24.5 Å². The van der Waals surface area contributed by atoms with Gasteiger partial charge in [0, 0.05) is 11.4 Å². The van der Waals surface area contributed by atoms with Gasteiger partial charge in [0.2, 0.25) is 0 Å². The highest BCUT2D eigenvalue weighted by atomic mass is 32.1. The van der Waals surface area contributed by atoms with Gasteiger partial charge in [-0.05, 0) is 49.4 Å². The van der Waals surface area contributed by atoms with Gasteiger partial charge in [0.1, 0.15) is 5.00 Å². The van der Waals surface area contributed by atoms with Gasteiger partial charge in [0.25, 0.3) is 0 Å². The zero-order valence-corrected chi connectivity index (χ0v) is 14.4. The number of fused-ring (bicyclic) bond motifs is 1. The number of nitrogens with one attached hydrogen (secondary N) is 2. The molecular formula is C15H22N2O2S2. The number of anilines is 1. The standard InChI is InChI=1S/C15H22N2O2S2/c1-9(2)7-8-16-15(20)17-13-12(14(18)19-3)10-5-4-6-11(10)21-13/h9H,4-8H2,1-3H3,(H2,16,17,20). The second-order valence-corrected chi connectivity index (χ2v) is 7.13. The Balaban J connectivity index is 2.06. The third-order valence-electron chi connectivity index (χ3n) is 3.55. The monoisotopic (exact) mass is 326 g/mol. The molecule has 0 aliphatic heterocycles. The van der Waals surface area contributed by atoms with Crippen LogP contribution in [-0.2, 0) is 17.6 Å². The summed E-state index contributed by atoms with van der Waals surface area (Å²) in [5, 5.41) is 7.74. The first-order valence-electron chi connectivity index (χ1n) is 7.30. The molecule has 2 N–H and O–H groups in total. The minimum absolute atomic E-state index is 0.276. The van der Waals surface area contributed by atoms with E-state index < -0.39 is 0 Å². The first-order chi connectivity index (χ1) is 10.0. The average Bonchev–Trinajstić information content (AvgIpc) is 2.97. The molecule has 116 valence electrons. The van der Waals surface area contributed by atoms with Crippen LogP contribution >= 0.6 is 23.6 Å². The number of hydrogen-bond donors (Lipinski definition) is 2. The predicted octanol–water partition coefficient (Wildman–Crippen LogP) is 3.36. The van der Waals surface area contributed by atoms with E-state index in [1.165, 1.54) is 12.0 Å². The summed E-state index contributed by atoms with van der Waals surface area (Å²) in [5.41, 5.74) is 1.81. The van der Waals surface area contributed by atoms with Crippen LogP contribution in [0.3, 0.4) is 0 Å². The highest BCUT2D eigenvalue weighted by Crippen LogP contribution is 2.39. The largest absolute Gasteiger partial charge is 0.465 e. The number of ether oxygens (including phenoxy) is 1. The van der Waals surface area contributed by atoms with Crippen molar-refractivity contribution in [3.05, 3.63) is 16.0 Å². The fourth-order valence-corrected chi connectivity index (χ4v) is 3.98. The van der Waals surface area contributed by atoms with Crippen LogP contribution in [0.2, 0.25) is 0 Å². The summed E-state index contributed by atoms with van der Waals surface area (Å²) >= 11 is 6.93. The molecule has 0 spiro atoms. The first-order valence-corrected chi connectivity index (χ1v) is 8.53. The molecule has 1 heterocycles. The number of carbonyl (C=O) groups excluding carboxylic acids is 1. The van der Waals surface area contributed by atoms with Crippen LogP contribution in [-0.4, -0.2) is 24.7 Å². The van der Waals surface area contributed by atoms with Gasteiger partial charge in [0.15, 0.2) is 5.11 Å². The van der Waals surface area contributed by atoms with Crippen molar-refractivity contribution in [1.82, 2.24) is 5.32 Å². The predicted molar refractivity (Wildman–Crippen MR) is 91.4 cm³/mol. The first kappa shape index (κ1) is 16.2. The minimum Gasteiger partial charge on any atom is -0.465 e. The Labute approximate surface area is 135 Å². The van der Waals surface area contributed by atoms with Crippen LogP contribution in [0.1, 0.15) is 47.5 Å². The number of rotatable bonds is 5. The lowest BCUT2D eigenvalue weighted by Crippen LogP contribution is -2.30. The molecule has 4 nitrogen and oxygen atoms in total. The second kappa shape index (κ2) is 7.22. The van der Waals surface area contributed by atoms with Gasteiger partial charge in [-0.15, -0.1) is 11.3 Å². The Bertz CT molecular complexity index is 538. The third kappa shape index (κ3) is 3.95. The van der Waals surface area contributed by atoms with Crippen molar-refractivity contribution in [2.45, 2.75) is 39.5 Å². The number of thiocarbonyl (C=S) groups is 1. The second-order valence-electron chi connectivity index (χ2n) is 5.62. The molecule has 1 aliphatic carbocycles. The third-order valence-corrected chi connectivity index (χ3v) is 5.00. The van der Waals surface area contributed by atoms with E-state index in [1.54, 1.807) is 11.3 Å². The summed E-state index contributed by atoms with van der Waals surface area (Å²) in [6.45, 7) is 5.19. The van der Waals surface area contributed by atoms with E-state index in [-0.39, 0.29) is 5.97 Å². The summed E-state index contributed by atoms with van der Waals surface area (Å²) in [6, 6.07) is 0. The van der Waals surface area contributed by atoms with Gasteiger partial charge in [-0.2, -0.15) is 0 Å². The molecule has 6 heteroatoms. The number of esters is 1. The van der Waals surface area contributed by atoms with Crippen molar-refractivity contribution in [2.75, 3.05) is 19.0 Å². The van der Waals surface area contributed by atoms with Gasteiger partial charge in [-0.1, -0.05) is 13.8 Å². The molecule has 1 aromatic heterocycles. The van der Waals surface area contributed by atoms with Gasteiger partial charge < -0.3 is 15.4 Å². The maximum atomic E-state index is 12.0. The molecule has 0 fully saturated rings. The average molecular weight is 326 g/mol. The van der Waals surface area contributed by atoms with Crippen LogP contribution in [0.5, 0.6) is 0 Å². The molecule has 0 saturated carbocycles. The lowest BCUT2D eigenvalue weighted by molar-refractivity contribution is 0.0601. The number of thiophene rings is 1. The van der Waals surface area contributed by atoms with Crippen LogP contribution in [0, 0.1) is 5.92 Å². The summed E-state index contributed by atoms with van der Waals surface area (Å²) in [5.74, 6) is 0.360. The number of carbonyl (C=O) groups is 1. The van der Waals surface area contributed by atoms with Crippen molar-refractivity contribution in [3.8, 4) is 0 Å². The van der Waals surface area contributed by atoms with Gasteiger partial charge in [-0.25, -0.2) is 4.79 Å². The zero-order valence-electron chi connectivity index (χ0n) is 12.7. The SMILES string of the molecule is COC(=O)c1c(NC(=S)NCCC(C)C)sc2c1CCC2. The van der Waals surface area contributed by atoms with Gasteiger partial charge in [-0.3, -0.25) is 0 Å². The molecule has 1 aromatic rings. The number of aryl methyl sites for hydroxylation is 1. The molecule has 0 saturated heterocycles. The summed E-state index contributed by atoms with van der Waals surface area (Å²) in [4.78, 5) is 13.3. The van der Waals surface area contributed by atoms with Crippen molar-refractivity contribution < 1.29 is 9.53 Å². The van der Waals surface area contributed by atoms with E-state index in [0.29, 0.717) is 16.6 Å². The molecule has 0 radical (unpaired) electrons. The Morgan fingerprint density at radius 2 is 2.19 bits per heavy atom. The lowest BCUT2D eigenvalue weighted by Gasteiger charge is -2.12. The van der Waals surface area contributed by atoms with E-state index >= 15 is 0 Å². The minimum atomic E-state index is -0.276. The van der Waals surface area contributed by atoms with Crippen LogP contribution in [0.25, 0.3) is 0 Å². The van der Waals surface area contributed by atoms with Crippen molar-refractivity contribution in [3.63, 3.8) is 0 Å². The Morgan fingerprint density at radius 1 is 1.43 bits per heavy atom. The molecule has 2 rings (SSSR count). The fraction of sp³-hybridized carbons (Fsp3) is 0.600. The molecule has 0 aromatic carbocycles. The zero-order chi connectivity index (χ0) is 15.4. The Hall–Kier alpha value is -1.14. The fourth-order valence-electron chi connectivity index (χ4n) is 2.43. The maximum absolute atomic E-state index is 12.0. The van der Waals surface area contributed by atoms with E-state index in [0.717, 1.165) is 42.8 Å². The van der Waals surface area contributed by atoms with Gasteiger partial charge >= 0.3 is 5.97 Å². The highest BCUT2D eigenvalue weighted by molar-refractivity contribution is 7.80. The molecule has 0 unspecified atom stereocenters. The van der Waals surface area contributed by atoms with E-state index in [1.807, 2.05) is 0 Å². The topological polar surface area (TPSA) is 50.4 Å². The molecule has 21 heavy (non-hydrogen) atoms. The van der Waals surface area contributed by atoms with Crippen molar-refractivity contribution in [2.24, 2.45) is 5.92 Å². The molecule has 0 amide bonds. The number of methoxy groups -OCH3 is 1. The van der Waals surface area contributed by atoms with Crippen LogP contribution in [0.15, 0.2) is 0 Å². The molecular weight excluding hydrogens is 304 g/mol. The highest BCUT2D eigenvalue weighted by Gasteiger charge is 2.27. The Kier molecular flexibility index (Phi) is 5.58. The van der Waals surface area contributed by atoms with Crippen molar-refractivity contribution >= 4 is 39.6 Å². The molecule has 1 aliphatic rings. The normalized spacial score (nSPS) is 13.1. The quantitative estimate of drug-likeness (QED) is 0.642. The lowest BCUT2D eigenvalue weighted by atomic mass is 10.1. The van der Waals surface area contributed by atoms with Gasteiger partial charge in [0.05, 0.1) is 12.7 Å². The Morgan fingerprint density at radius 3 is 2.86 bits per heavy atom. The van der Waals surface area contributed by atoms with Crippen LogP contribution < -0.4 is 10.6 Å². The summed E-state index contributed by atoms with van der Waals surface area (Å²) in [6.07, 6.45) is 4.17. The number of hydrogen-bond acceptors (Lipinski definition) is 4. The van der Waals surface area contributed by atoms with Crippen molar-refractivity contribution in [1.29, 1.82) is 0 Å². The maximum Gasteiger partial charge on any atom is 0.341 e. The van der Waals surface area contributed by atoms with Crippen LogP contribution in [0.4, 0.5) is 5.00 Å². The summed E-state index contributed by atoms with van der Waals surface area (Å²) < 4.78 is 4.92. The van der Waals surface area contributed by atoms with E-state index in [9.17, 15) is 4.79 Å². The smallest absolute Gasteiger partial charge is 0.341 e. The molecule has 0 atom stereocenters.